The Bertz CT molecular complexity index is 548. The Hall–Kier alpha value is -1.76. The second kappa shape index (κ2) is 5.08. The molecule has 1 aliphatic carbocycles. The van der Waals surface area contributed by atoms with Crippen LogP contribution in [0.2, 0.25) is 0 Å². The quantitative estimate of drug-likeness (QED) is 0.858. The van der Waals surface area contributed by atoms with Gasteiger partial charge >= 0.3 is 0 Å². The molecule has 0 spiro atoms. The number of hydrogen-bond donors (Lipinski definition) is 2. The zero-order valence-electron chi connectivity index (χ0n) is 10.3. The average Bonchev–Trinajstić information content (AvgIpc) is 3.16. The highest BCUT2D eigenvalue weighted by molar-refractivity contribution is 7.09. The molecule has 0 unspecified atom stereocenters. The molecule has 0 atom stereocenters. The first-order valence-electron chi connectivity index (χ1n) is 6.30. The van der Waals surface area contributed by atoms with Gasteiger partial charge in [0.25, 0.3) is 5.91 Å². The van der Waals surface area contributed by atoms with E-state index in [1.54, 1.807) is 11.3 Å². The van der Waals surface area contributed by atoms with E-state index in [-0.39, 0.29) is 11.8 Å². The Labute approximate surface area is 114 Å². The van der Waals surface area contributed by atoms with Crippen LogP contribution in [0.3, 0.4) is 0 Å². The molecule has 2 N–H and O–H groups in total. The van der Waals surface area contributed by atoms with Crippen LogP contribution in [0.1, 0.15) is 42.3 Å². The van der Waals surface area contributed by atoms with Gasteiger partial charge in [0.2, 0.25) is 5.91 Å². The van der Waals surface area contributed by atoms with E-state index in [0.29, 0.717) is 31.0 Å². The SMILES string of the molecule is O=C1CCC(C(=O)NCc2csc(C3CC3)n2)=NN1. The van der Waals surface area contributed by atoms with Crippen LogP contribution < -0.4 is 10.7 Å². The van der Waals surface area contributed by atoms with Crippen LogP contribution in [0.5, 0.6) is 0 Å². The molecular weight excluding hydrogens is 264 g/mol. The van der Waals surface area contributed by atoms with Crippen molar-refractivity contribution >= 4 is 28.9 Å². The number of hydrazone groups is 1. The molecule has 0 radical (unpaired) electrons. The lowest BCUT2D eigenvalue weighted by Crippen LogP contribution is -2.36. The van der Waals surface area contributed by atoms with E-state index in [1.807, 2.05) is 5.38 Å². The normalized spacial score (nSPS) is 18.7. The summed E-state index contributed by atoms with van der Waals surface area (Å²) in [6, 6.07) is 0. The number of nitrogens with one attached hydrogen (secondary N) is 2. The smallest absolute Gasteiger partial charge is 0.267 e. The number of carbonyl (C=O) groups is 2. The maximum Gasteiger partial charge on any atom is 0.267 e. The van der Waals surface area contributed by atoms with E-state index >= 15 is 0 Å². The Balaban J connectivity index is 1.53. The summed E-state index contributed by atoms with van der Waals surface area (Å²) < 4.78 is 0. The van der Waals surface area contributed by atoms with Crippen LogP contribution in [0.15, 0.2) is 10.5 Å². The van der Waals surface area contributed by atoms with Crippen molar-refractivity contribution in [1.29, 1.82) is 0 Å². The highest BCUT2D eigenvalue weighted by Gasteiger charge is 2.26. The van der Waals surface area contributed by atoms with Crippen molar-refractivity contribution in [1.82, 2.24) is 15.7 Å². The van der Waals surface area contributed by atoms with Crippen LogP contribution in [0, 0.1) is 0 Å². The fourth-order valence-corrected chi connectivity index (χ4v) is 2.82. The van der Waals surface area contributed by atoms with E-state index in [4.69, 9.17) is 0 Å². The minimum atomic E-state index is -0.235. The molecule has 0 aromatic carbocycles. The maximum absolute atomic E-state index is 11.8. The molecule has 1 saturated carbocycles. The topological polar surface area (TPSA) is 83.5 Å². The third-order valence-electron chi connectivity index (χ3n) is 3.09. The Morgan fingerprint density at radius 1 is 1.47 bits per heavy atom. The predicted octanol–water partition coefficient (Wildman–Crippen LogP) is 0.903. The standard InChI is InChI=1S/C12H14N4O2S/c17-10-4-3-9(15-16-10)11(18)13-5-8-6-19-12(14-8)7-1-2-7/h6-7H,1-5H2,(H,13,18)(H,16,17). The first kappa shape index (κ1) is 12.3. The predicted molar refractivity (Wildman–Crippen MR) is 70.7 cm³/mol. The highest BCUT2D eigenvalue weighted by Crippen LogP contribution is 2.41. The lowest BCUT2D eigenvalue weighted by Gasteiger charge is -2.11. The van der Waals surface area contributed by atoms with Crippen LogP contribution in [-0.4, -0.2) is 22.5 Å². The number of rotatable bonds is 4. The molecule has 2 aliphatic rings. The number of nitrogens with zero attached hydrogens (tertiary/aromatic N) is 2. The van der Waals surface area contributed by atoms with Gasteiger partial charge in [0, 0.05) is 24.1 Å². The van der Waals surface area contributed by atoms with Crippen molar-refractivity contribution in [3.05, 3.63) is 16.1 Å². The zero-order valence-corrected chi connectivity index (χ0v) is 11.1. The molecule has 2 heterocycles. The summed E-state index contributed by atoms with van der Waals surface area (Å²) in [5, 5.41) is 9.69. The highest BCUT2D eigenvalue weighted by atomic mass is 32.1. The Morgan fingerprint density at radius 2 is 2.32 bits per heavy atom. The molecule has 0 saturated heterocycles. The van der Waals surface area contributed by atoms with Crippen molar-refractivity contribution < 1.29 is 9.59 Å². The van der Waals surface area contributed by atoms with Crippen molar-refractivity contribution in [2.45, 2.75) is 38.1 Å². The third-order valence-corrected chi connectivity index (χ3v) is 4.15. The molecule has 0 bridgehead atoms. The fourth-order valence-electron chi connectivity index (χ4n) is 1.83. The van der Waals surface area contributed by atoms with E-state index in [9.17, 15) is 9.59 Å². The van der Waals surface area contributed by atoms with Crippen LogP contribution in [-0.2, 0) is 16.1 Å². The molecule has 1 fully saturated rings. The minimum absolute atomic E-state index is 0.148. The number of amides is 2. The van der Waals surface area contributed by atoms with E-state index in [0.717, 1.165) is 5.69 Å². The second-order valence-corrected chi connectivity index (χ2v) is 5.62. The summed E-state index contributed by atoms with van der Waals surface area (Å²) in [6.07, 6.45) is 3.17. The van der Waals surface area contributed by atoms with Crippen LogP contribution in [0.25, 0.3) is 0 Å². The van der Waals surface area contributed by atoms with Gasteiger partial charge in [-0.15, -0.1) is 11.3 Å². The molecule has 6 nitrogen and oxygen atoms in total. The average molecular weight is 278 g/mol. The molecule has 1 aromatic heterocycles. The van der Waals surface area contributed by atoms with E-state index in [2.05, 4.69) is 20.8 Å². The molecular formula is C12H14N4O2S. The van der Waals surface area contributed by atoms with Gasteiger partial charge in [0.05, 0.1) is 17.2 Å². The van der Waals surface area contributed by atoms with Gasteiger partial charge in [-0.1, -0.05) is 0 Å². The van der Waals surface area contributed by atoms with E-state index in [1.165, 1.54) is 17.8 Å². The summed E-state index contributed by atoms with van der Waals surface area (Å²) >= 11 is 1.66. The van der Waals surface area contributed by atoms with Crippen molar-refractivity contribution in [2.75, 3.05) is 0 Å². The molecule has 2 amide bonds. The lowest BCUT2D eigenvalue weighted by molar-refractivity contribution is -0.121. The lowest BCUT2D eigenvalue weighted by atomic mass is 10.1. The number of aromatic nitrogens is 1. The van der Waals surface area contributed by atoms with Crippen molar-refractivity contribution in [3.63, 3.8) is 0 Å². The number of hydrogen-bond acceptors (Lipinski definition) is 5. The van der Waals surface area contributed by atoms with Gasteiger partial charge in [-0.05, 0) is 12.8 Å². The first-order valence-corrected chi connectivity index (χ1v) is 7.18. The van der Waals surface area contributed by atoms with Gasteiger partial charge in [-0.25, -0.2) is 10.4 Å². The molecule has 19 heavy (non-hydrogen) atoms. The molecule has 1 aliphatic heterocycles. The first-order chi connectivity index (χ1) is 9.22. The van der Waals surface area contributed by atoms with Gasteiger partial charge < -0.3 is 5.32 Å². The van der Waals surface area contributed by atoms with Crippen molar-refractivity contribution in [2.24, 2.45) is 5.10 Å². The minimum Gasteiger partial charge on any atom is -0.345 e. The zero-order chi connectivity index (χ0) is 13.2. The van der Waals surface area contributed by atoms with Gasteiger partial charge in [-0.3, -0.25) is 9.59 Å². The molecule has 3 rings (SSSR count). The summed E-state index contributed by atoms with van der Waals surface area (Å²) in [7, 11) is 0. The molecule has 100 valence electrons. The summed E-state index contributed by atoms with van der Waals surface area (Å²) in [4.78, 5) is 27.2. The number of thiazole rings is 1. The Kier molecular flexibility index (Phi) is 3.29. The largest absolute Gasteiger partial charge is 0.345 e. The maximum atomic E-state index is 11.8. The molecule has 1 aromatic rings. The fraction of sp³-hybridized carbons (Fsp3) is 0.500. The van der Waals surface area contributed by atoms with Gasteiger partial charge in [-0.2, -0.15) is 5.10 Å². The summed E-state index contributed by atoms with van der Waals surface area (Å²) in [6.45, 7) is 0.412. The van der Waals surface area contributed by atoms with E-state index < -0.39 is 0 Å². The Morgan fingerprint density at radius 3 is 3.00 bits per heavy atom. The van der Waals surface area contributed by atoms with Crippen LogP contribution >= 0.6 is 11.3 Å². The van der Waals surface area contributed by atoms with Crippen LogP contribution in [0.4, 0.5) is 0 Å². The molecule has 7 heteroatoms. The summed E-state index contributed by atoms with van der Waals surface area (Å²) in [5.41, 5.74) is 3.58. The third kappa shape index (κ3) is 2.98. The second-order valence-electron chi connectivity index (χ2n) is 4.73. The van der Waals surface area contributed by atoms with Crippen molar-refractivity contribution in [3.8, 4) is 0 Å². The van der Waals surface area contributed by atoms with Gasteiger partial charge in [0.1, 0.15) is 5.71 Å². The van der Waals surface area contributed by atoms with Gasteiger partial charge in [0.15, 0.2) is 0 Å². The summed E-state index contributed by atoms with van der Waals surface area (Å²) in [5.74, 6) is 0.262. The monoisotopic (exact) mass is 278 g/mol. The number of carbonyl (C=O) groups excluding carboxylic acids is 2.